The van der Waals surface area contributed by atoms with Gasteiger partial charge in [-0.2, -0.15) is 0 Å². The van der Waals surface area contributed by atoms with Crippen molar-refractivity contribution in [1.82, 2.24) is 4.90 Å². The molecule has 0 saturated heterocycles. The van der Waals surface area contributed by atoms with Crippen LogP contribution in [0.4, 0.5) is 4.39 Å². The molecular formula is C23H26FNO2. The number of ether oxygens (including phenoxy) is 1. The lowest BCUT2D eigenvalue weighted by Gasteiger charge is -2.29. The highest BCUT2D eigenvalue weighted by atomic mass is 19.1. The summed E-state index contributed by atoms with van der Waals surface area (Å²) in [5.41, 5.74) is 4.09. The van der Waals surface area contributed by atoms with E-state index in [0.717, 1.165) is 23.1 Å². The SMILES string of the molecule is Cc1ccc(OC(C)C)c(C(=O)N2CCC=C(c3cccc(F)c3C)C2)c1. The van der Waals surface area contributed by atoms with E-state index in [1.807, 2.05) is 49.9 Å². The molecule has 2 aromatic carbocycles. The summed E-state index contributed by atoms with van der Waals surface area (Å²) in [4.78, 5) is 15.0. The molecule has 0 bridgehead atoms. The van der Waals surface area contributed by atoms with E-state index in [2.05, 4.69) is 6.08 Å². The number of halogens is 1. The fourth-order valence-corrected chi connectivity index (χ4v) is 3.41. The zero-order chi connectivity index (χ0) is 19.6. The quantitative estimate of drug-likeness (QED) is 0.747. The van der Waals surface area contributed by atoms with Crippen molar-refractivity contribution < 1.29 is 13.9 Å². The molecule has 0 radical (unpaired) electrons. The summed E-state index contributed by atoms with van der Waals surface area (Å²) in [6.45, 7) is 8.75. The van der Waals surface area contributed by atoms with Gasteiger partial charge in [-0.1, -0.05) is 29.8 Å². The Balaban J connectivity index is 1.88. The van der Waals surface area contributed by atoms with Crippen LogP contribution in [0.1, 0.15) is 47.3 Å². The molecule has 1 heterocycles. The first-order valence-corrected chi connectivity index (χ1v) is 9.38. The molecule has 3 rings (SSSR count). The first-order chi connectivity index (χ1) is 12.9. The molecule has 3 nitrogen and oxygen atoms in total. The molecule has 0 spiro atoms. The number of benzene rings is 2. The van der Waals surface area contributed by atoms with Crippen LogP contribution in [0, 0.1) is 19.7 Å². The number of carbonyl (C=O) groups excluding carboxylic acids is 1. The summed E-state index contributed by atoms with van der Waals surface area (Å²) in [6.07, 6.45) is 2.85. The molecule has 0 N–H and O–H groups in total. The molecule has 1 aliphatic rings. The fraction of sp³-hybridized carbons (Fsp3) is 0.348. The third-order valence-electron chi connectivity index (χ3n) is 4.78. The molecule has 0 saturated carbocycles. The first kappa shape index (κ1) is 19.2. The average molecular weight is 367 g/mol. The van der Waals surface area contributed by atoms with E-state index in [-0.39, 0.29) is 17.8 Å². The summed E-state index contributed by atoms with van der Waals surface area (Å²) in [5, 5.41) is 0. The lowest BCUT2D eigenvalue weighted by Crippen LogP contribution is -2.36. The van der Waals surface area contributed by atoms with E-state index in [1.54, 1.807) is 13.0 Å². The summed E-state index contributed by atoms with van der Waals surface area (Å²) < 4.78 is 19.8. The van der Waals surface area contributed by atoms with Crippen LogP contribution in [0.3, 0.4) is 0 Å². The van der Waals surface area contributed by atoms with Gasteiger partial charge in [0.1, 0.15) is 11.6 Å². The average Bonchev–Trinajstić information content (AvgIpc) is 2.64. The molecule has 1 aliphatic heterocycles. The van der Waals surface area contributed by atoms with Gasteiger partial charge in [-0.15, -0.1) is 0 Å². The van der Waals surface area contributed by atoms with Crippen molar-refractivity contribution >= 4 is 11.5 Å². The monoisotopic (exact) mass is 367 g/mol. The van der Waals surface area contributed by atoms with E-state index in [0.29, 0.717) is 30.0 Å². The maximum absolute atomic E-state index is 13.9. The third kappa shape index (κ3) is 4.21. The van der Waals surface area contributed by atoms with Gasteiger partial charge in [0.2, 0.25) is 0 Å². The van der Waals surface area contributed by atoms with Crippen molar-refractivity contribution in [2.75, 3.05) is 13.1 Å². The number of aryl methyl sites for hydroxylation is 1. The molecule has 4 heteroatoms. The Kier molecular flexibility index (Phi) is 5.64. The highest BCUT2D eigenvalue weighted by molar-refractivity contribution is 5.98. The molecule has 0 fully saturated rings. The van der Waals surface area contributed by atoms with Crippen LogP contribution in [0.2, 0.25) is 0 Å². The summed E-state index contributed by atoms with van der Waals surface area (Å²) in [5.74, 6) is 0.343. The lowest BCUT2D eigenvalue weighted by atomic mass is 9.96. The van der Waals surface area contributed by atoms with Crippen LogP contribution in [-0.2, 0) is 0 Å². The van der Waals surface area contributed by atoms with Crippen LogP contribution in [-0.4, -0.2) is 30.0 Å². The van der Waals surface area contributed by atoms with Gasteiger partial charge >= 0.3 is 0 Å². The van der Waals surface area contributed by atoms with Gasteiger partial charge in [0.25, 0.3) is 5.91 Å². The molecule has 0 aliphatic carbocycles. The zero-order valence-corrected chi connectivity index (χ0v) is 16.4. The lowest BCUT2D eigenvalue weighted by molar-refractivity contribution is 0.0768. The van der Waals surface area contributed by atoms with E-state index >= 15 is 0 Å². The van der Waals surface area contributed by atoms with Gasteiger partial charge in [-0.25, -0.2) is 4.39 Å². The highest BCUT2D eigenvalue weighted by Crippen LogP contribution is 2.28. The standard InChI is InChI=1S/C23H26FNO2/c1-15(2)27-22-11-10-16(3)13-20(22)23(26)25-12-6-7-18(14-25)19-8-5-9-21(24)17(19)4/h5,7-11,13,15H,6,12,14H2,1-4H3. The Morgan fingerprint density at radius 2 is 1.96 bits per heavy atom. The predicted molar refractivity (Wildman–Crippen MR) is 107 cm³/mol. The van der Waals surface area contributed by atoms with E-state index in [4.69, 9.17) is 4.74 Å². The minimum Gasteiger partial charge on any atom is -0.490 e. The molecule has 2 aromatic rings. The second kappa shape index (κ2) is 7.95. The molecule has 0 aromatic heterocycles. The van der Waals surface area contributed by atoms with Gasteiger partial charge in [0.05, 0.1) is 11.7 Å². The van der Waals surface area contributed by atoms with E-state index in [9.17, 15) is 9.18 Å². The van der Waals surface area contributed by atoms with Crippen LogP contribution in [0.25, 0.3) is 5.57 Å². The molecule has 0 atom stereocenters. The maximum Gasteiger partial charge on any atom is 0.257 e. The fourth-order valence-electron chi connectivity index (χ4n) is 3.41. The second-order valence-electron chi connectivity index (χ2n) is 7.32. The van der Waals surface area contributed by atoms with Crippen molar-refractivity contribution in [3.05, 3.63) is 70.5 Å². The van der Waals surface area contributed by atoms with Crippen molar-refractivity contribution in [3.63, 3.8) is 0 Å². The van der Waals surface area contributed by atoms with E-state index < -0.39 is 0 Å². The van der Waals surface area contributed by atoms with E-state index in [1.165, 1.54) is 6.07 Å². The highest BCUT2D eigenvalue weighted by Gasteiger charge is 2.24. The zero-order valence-electron chi connectivity index (χ0n) is 16.4. The van der Waals surface area contributed by atoms with Gasteiger partial charge in [-0.05, 0) is 69.0 Å². The van der Waals surface area contributed by atoms with Gasteiger partial charge < -0.3 is 9.64 Å². The Labute approximate surface area is 160 Å². The van der Waals surface area contributed by atoms with Crippen molar-refractivity contribution in [2.24, 2.45) is 0 Å². The van der Waals surface area contributed by atoms with Crippen LogP contribution in [0.5, 0.6) is 5.75 Å². The normalized spacial score (nSPS) is 14.3. The Bertz CT molecular complexity index is 886. The Morgan fingerprint density at radius 1 is 1.19 bits per heavy atom. The number of hydrogen-bond acceptors (Lipinski definition) is 2. The van der Waals surface area contributed by atoms with Crippen molar-refractivity contribution in [2.45, 2.75) is 40.2 Å². The topological polar surface area (TPSA) is 29.5 Å². The third-order valence-corrected chi connectivity index (χ3v) is 4.78. The number of nitrogens with zero attached hydrogens (tertiary/aromatic N) is 1. The molecule has 1 amide bonds. The molecule has 142 valence electrons. The minimum atomic E-state index is -0.219. The first-order valence-electron chi connectivity index (χ1n) is 9.38. The number of carbonyl (C=O) groups is 1. The van der Waals surface area contributed by atoms with Crippen LogP contribution < -0.4 is 4.74 Å². The maximum atomic E-state index is 13.9. The molecule has 27 heavy (non-hydrogen) atoms. The predicted octanol–water partition coefficient (Wildman–Crippen LogP) is 5.16. The van der Waals surface area contributed by atoms with Crippen molar-refractivity contribution in [1.29, 1.82) is 0 Å². The summed E-state index contributed by atoms with van der Waals surface area (Å²) in [6, 6.07) is 10.8. The van der Waals surface area contributed by atoms with Crippen LogP contribution >= 0.6 is 0 Å². The van der Waals surface area contributed by atoms with Gasteiger partial charge in [0.15, 0.2) is 0 Å². The number of hydrogen-bond donors (Lipinski definition) is 0. The summed E-state index contributed by atoms with van der Waals surface area (Å²) in [7, 11) is 0. The molecule has 0 unspecified atom stereocenters. The number of amides is 1. The Hall–Kier alpha value is -2.62. The van der Waals surface area contributed by atoms with Gasteiger partial charge in [0, 0.05) is 13.1 Å². The van der Waals surface area contributed by atoms with Gasteiger partial charge in [-0.3, -0.25) is 4.79 Å². The molecular weight excluding hydrogens is 341 g/mol. The Morgan fingerprint density at radius 3 is 2.70 bits per heavy atom. The largest absolute Gasteiger partial charge is 0.490 e. The smallest absolute Gasteiger partial charge is 0.257 e. The number of rotatable bonds is 4. The minimum absolute atomic E-state index is 0.00832. The van der Waals surface area contributed by atoms with Crippen molar-refractivity contribution in [3.8, 4) is 5.75 Å². The second-order valence-corrected chi connectivity index (χ2v) is 7.32. The van der Waals surface area contributed by atoms with Crippen LogP contribution in [0.15, 0.2) is 42.5 Å². The summed E-state index contributed by atoms with van der Waals surface area (Å²) >= 11 is 0.